The maximum absolute atomic E-state index is 13.3. The van der Waals surface area contributed by atoms with Crippen LogP contribution in [-0.2, 0) is 0 Å². The van der Waals surface area contributed by atoms with Crippen molar-refractivity contribution in [2.45, 2.75) is 0 Å². The van der Waals surface area contributed by atoms with Crippen LogP contribution in [0.4, 0.5) is 17.6 Å². The molecule has 2 rings (SSSR count). The summed E-state index contributed by atoms with van der Waals surface area (Å²) < 4.78 is 52.2. The van der Waals surface area contributed by atoms with Gasteiger partial charge in [-0.2, -0.15) is 0 Å². The van der Waals surface area contributed by atoms with Gasteiger partial charge in [-0.1, -0.05) is 18.2 Å². The van der Waals surface area contributed by atoms with E-state index >= 15 is 0 Å². The molecule has 0 atom stereocenters. The zero-order valence-corrected chi connectivity index (χ0v) is 6.74. The molecule has 0 heterocycles. The summed E-state index contributed by atoms with van der Waals surface area (Å²) in [7, 11) is -0.187. The summed E-state index contributed by atoms with van der Waals surface area (Å²) in [6.45, 7) is 0. The molecule has 78 valence electrons. The Morgan fingerprint density at radius 2 is 1.27 bits per heavy atom. The van der Waals surface area contributed by atoms with Crippen molar-refractivity contribution in [3.05, 3.63) is 41.5 Å². The van der Waals surface area contributed by atoms with Gasteiger partial charge in [0, 0.05) is 10.8 Å². The van der Waals surface area contributed by atoms with Crippen molar-refractivity contribution in [1.29, 1.82) is 0 Å². The zero-order chi connectivity index (χ0) is 11.2. The van der Waals surface area contributed by atoms with Crippen LogP contribution in [-0.4, -0.2) is 7.85 Å². The van der Waals surface area contributed by atoms with Gasteiger partial charge in [-0.15, -0.1) is 0 Å². The molecule has 0 N–H and O–H groups in total. The topological polar surface area (TPSA) is 0 Å². The molecule has 0 radical (unpaired) electrons. The van der Waals surface area contributed by atoms with Crippen molar-refractivity contribution in [2.24, 2.45) is 0 Å². The summed E-state index contributed by atoms with van der Waals surface area (Å²) in [5.74, 6) is -6.14. The van der Waals surface area contributed by atoms with Crippen molar-refractivity contribution < 1.29 is 17.6 Å². The molecule has 0 nitrogen and oxygen atoms in total. The monoisotopic (exact) mass is 213 g/mol. The fourth-order valence-electron chi connectivity index (χ4n) is 1.23. The second-order valence-electron chi connectivity index (χ2n) is 2.73. The molecule has 0 saturated heterocycles. The Bertz CT molecular complexity index is 551. The molecule has 0 fully saturated rings. The first-order valence-electron chi connectivity index (χ1n) is 3.74. The molecule has 0 aliphatic rings. The molecule has 0 amide bonds. The van der Waals surface area contributed by atoms with Crippen LogP contribution in [0.5, 0.6) is 0 Å². The SMILES string of the molecule is [BH3-]c1ccc2c(F)c(F)c(F)c(F)c2c1. The summed E-state index contributed by atoms with van der Waals surface area (Å²) in [6.07, 6.45) is 0. The average molecular weight is 213 g/mol. The minimum Gasteiger partial charge on any atom is -0.220 e. The van der Waals surface area contributed by atoms with Gasteiger partial charge in [0.25, 0.3) is 0 Å². The average Bonchev–Trinajstić information content (AvgIpc) is 2.23. The molecular weight excluding hydrogens is 207 g/mol. The van der Waals surface area contributed by atoms with Crippen molar-refractivity contribution in [1.82, 2.24) is 0 Å². The van der Waals surface area contributed by atoms with Crippen LogP contribution in [0.25, 0.3) is 10.8 Å². The normalized spacial score (nSPS) is 11.0. The van der Waals surface area contributed by atoms with Crippen LogP contribution in [0.15, 0.2) is 18.2 Å². The van der Waals surface area contributed by atoms with Crippen molar-refractivity contribution in [2.75, 3.05) is 0 Å². The fraction of sp³-hybridized carbons (Fsp3) is 0. The fourth-order valence-corrected chi connectivity index (χ4v) is 1.23. The number of fused-ring (bicyclic) bond motifs is 1. The van der Waals surface area contributed by atoms with E-state index in [1.165, 1.54) is 12.1 Å². The molecule has 0 spiro atoms. The highest BCUT2D eigenvalue weighted by atomic mass is 19.2. The van der Waals surface area contributed by atoms with E-state index in [9.17, 15) is 17.6 Å². The Hall–Kier alpha value is -1.52. The molecule has 0 aromatic heterocycles. The maximum Gasteiger partial charge on any atom is 0.198 e. The minimum absolute atomic E-state index is 0.182. The Morgan fingerprint density at radius 1 is 0.733 bits per heavy atom. The van der Waals surface area contributed by atoms with E-state index in [1.54, 1.807) is 6.07 Å². The van der Waals surface area contributed by atoms with Gasteiger partial charge in [0.15, 0.2) is 23.3 Å². The van der Waals surface area contributed by atoms with Crippen LogP contribution in [0, 0.1) is 23.3 Å². The van der Waals surface area contributed by atoms with Crippen molar-refractivity contribution in [3.63, 3.8) is 0 Å². The van der Waals surface area contributed by atoms with Crippen molar-refractivity contribution >= 4 is 24.1 Å². The lowest BCUT2D eigenvalue weighted by atomic mass is 9.93. The van der Waals surface area contributed by atoms with Crippen LogP contribution >= 0.6 is 0 Å². The van der Waals surface area contributed by atoms with Crippen LogP contribution in [0.3, 0.4) is 0 Å². The van der Waals surface area contributed by atoms with Gasteiger partial charge in [-0.05, 0) is 7.85 Å². The van der Waals surface area contributed by atoms with Gasteiger partial charge < -0.3 is 0 Å². The highest BCUT2D eigenvalue weighted by Gasteiger charge is 2.19. The Morgan fingerprint density at radius 3 is 1.87 bits per heavy atom. The molecule has 2 aromatic rings. The molecule has 0 aliphatic heterocycles. The van der Waals surface area contributed by atoms with Crippen molar-refractivity contribution in [3.8, 4) is 0 Å². The molecule has 15 heavy (non-hydrogen) atoms. The third-order valence-electron chi connectivity index (χ3n) is 1.92. The third-order valence-corrected chi connectivity index (χ3v) is 1.92. The smallest absolute Gasteiger partial charge is 0.198 e. The molecule has 0 unspecified atom stereocenters. The standard InChI is InChI=1S/C10H6BF4/c11-4-1-2-5-6(3-4)8(13)10(15)9(14)7(5)12/h1-3H,11H3/q-1. The van der Waals surface area contributed by atoms with Gasteiger partial charge in [0.2, 0.25) is 0 Å². The number of hydrogen-bond acceptors (Lipinski definition) is 0. The summed E-state index contributed by atoms with van der Waals surface area (Å²) in [5.41, 5.74) is 0.895. The summed E-state index contributed by atoms with van der Waals surface area (Å²) in [5, 5.41) is -0.394. The quantitative estimate of drug-likeness (QED) is 0.268. The predicted octanol–water partition coefficient (Wildman–Crippen LogP) is 1.39. The summed E-state index contributed by atoms with van der Waals surface area (Å²) in [4.78, 5) is 0. The van der Waals surface area contributed by atoms with E-state index in [2.05, 4.69) is 0 Å². The first kappa shape index (κ1) is 10.0. The number of benzene rings is 2. The molecule has 0 aliphatic carbocycles. The molecule has 5 heteroatoms. The summed E-state index contributed by atoms with van der Waals surface area (Å²) >= 11 is 0. The molecule has 0 bridgehead atoms. The first-order valence-corrected chi connectivity index (χ1v) is 3.74. The maximum atomic E-state index is 13.3. The van der Waals surface area contributed by atoms with Gasteiger partial charge in [-0.3, -0.25) is 0 Å². The molecular formula is C10H6BF4-. The van der Waals surface area contributed by atoms with E-state index in [0.29, 0.717) is 0 Å². The lowest BCUT2D eigenvalue weighted by Crippen LogP contribution is -2.04. The third kappa shape index (κ3) is 1.38. The summed E-state index contributed by atoms with van der Waals surface area (Å²) in [6, 6.07) is 4.29. The number of hydrogen-bond donors (Lipinski definition) is 0. The second-order valence-corrected chi connectivity index (χ2v) is 2.73. The lowest BCUT2D eigenvalue weighted by molar-refractivity contribution is 0.418. The van der Waals surface area contributed by atoms with E-state index in [4.69, 9.17) is 0 Å². The Balaban J connectivity index is 3.00. The minimum atomic E-state index is -1.75. The first-order chi connectivity index (χ1) is 7.02. The lowest BCUT2D eigenvalue weighted by Gasteiger charge is -2.06. The Labute approximate surface area is 83.9 Å². The van der Waals surface area contributed by atoms with Crippen LogP contribution in [0.2, 0.25) is 0 Å². The van der Waals surface area contributed by atoms with Crippen LogP contribution < -0.4 is 5.46 Å². The highest BCUT2D eigenvalue weighted by Crippen LogP contribution is 2.25. The second kappa shape index (κ2) is 3.26. The number of halogens is 4. The molecule has 2 aromatic carbocycles. The van der Waals surface area contributed by atoms with Gasteiger partial charge >= 0.3 is 0 Å². The largest absolute Gasteiger partial charge is 0.220 e. The Kier molecular flexibility index (Phi) is 2.18. The van der Waals surface area contributed by atoms with Crippen LogP contribution in [0.1, 0.15) is 0 Å². The van der Waals surface area contributed by atoms with E-state index < -0.39 is 23.3 Å². The van der Waals surface area contributed by atoms with Gasteiger partial charge in [0.05, 0.1) is 0 Å². The number of rotatable bonds is 0. The van der Waals surface area contributed by atoms with E-state index in [-0.39, 0.29) is 18.6 Å². The van der Waals surface area contributed by atoms with E-state index in [0.717, 1.165) is 5.46 Å². The zero-order valence-electron chi connectivity index (χ0n) is 6.74. The highest BCUT2D eigenvalue weighted by molar-refractivity contribution is 6.33. The predicted molar refractivity (Wildman–Crippen MR) is 53.4 cm³/mol. The van der Waals surface area contributed by atoms with E-state index in [1.807, 2.05) is 0 Å². The molecule has 0 saturated carbocycles. The van der Waals surface area contributed by atoms with Gasteiger partial charge in [-0.25, -0.2) is 23.0 Å². The van der Waals surface area contributed by atoms with Gasteiger partial charge in [0.1, 0.15) is 0 Å².